The molecule has 196 valence electrons. The van der Waals surface area contributed by atoms with E-state index in [2.05, 4.69) is 11.0 Å². The van der Waals surface area contributed by atoms with E-state index in [4.69, 9.17) is 23.2 Å². The van der Waals surface area contributed by atoms with Crippen molar-refractivity contribution in [2.75, 3.05) is 25.0 Å². The monoisotopic (exact) mass is 589 g/mol. The highest BCUT2D eigenvalue weighted by Crippen LogP contribution is 2.47. The summed E-state index contributed by atoms with van der Waals surface area (Å²) >= 11 is 13.7. The first-order valence-corrected chi connectivity index (χ1v) is 12.9. The first-order chi connectivity index (χ1) is 17.6. The van der Waals surface area contributed by atoms with Gasteiger partial charge < -0.3 is 22.4 Å². The zero-order valence-electron chi connectivity index (χ0n) is 19.9. The van der Waals surface area contributed by atoms with Crippen LogP contribution in [0.25, 0.3) is 0 Å². The minimum absolute atomic E-state index is 0. The maximum Gasteiger partial charge on any atom is 0.336 e. The number of carbonyl (C=O) groups is 3. The fourth-order valence-corrected chi connectivity index (χ4v) is 6.62. The van der Waals surface area contributed by atoms with Crippen LogP contribution in [0.4, 0.5) is 10.5 Å². The number of rotatable bonds is 5. The molecule has 1 aromatic heterocycles. The van der Waals surface area contributed by atoms with E-state index in [0.29, 0.717) is 28.7 Å². The largest absolute Gasteiger partial charge is 1.00 e. The van der Waals surface area contributed by atoms with Crippen LogP contribution in [0.1, 0.15) is 32.3 Å². The first kappa shape index (κ1) is 27.9. The number of carbonyl (C=O) groups excluding carboxylic acids is 2. The zero-order valence-corrected chi connectivity index (χ0v) is 23.0. The van der Waals surface area contributed by atoms with E-state index in [1.807, 2.05) is 12.1 Å². The number of carboxylic acids is 1. The van der Waals surface area contributed by atoms with Gasteiger partial charge in [-0.1, -0.05) is 35.3 Å². The molecule has 1 N–H and O–H groups in total. The second kappa shape index (κ2) is 10.6. The first-order valence-electron chi connectivity index (χ1n) is 11.3. The fraction of sp³-hybridized carbons (Fsp3) is 0.231. The molecule has 3 amide bonds. The van der Waals surface area contributed by atoms with Crippen molar-refractivity contribution >= 4 is 58.1 Å². The Bertz CT molecular complexity index is 1450. The minimum atomic E-state index is -1.23. The summed E-state index contributed by atoms with van der Waals surface area (Å²) in [6, 6.07) is 14.8. The maximum absolute atomic E-state index is 14.2. The molecule has 0 saturated carbocycles. The van der Waals surface area contributed by atoms with E-state index in [1.54, 1.807) is 30.6 Å². The number of anilines is 1. The van der Waals surface area contributed by atoms with Crippen LogP contribution in [0.5, 0.6) is 0 Å². The Kier molecular flexibility index (Phi) is 7.75. The second-order valence-corrected chi connectivity index (χ2v) is 11.0. The number of amides is 3. The molecule has 12 heteroatoms. The van der Waals surface area contributed by atoms with Crippen molar-refractivity contribution in [1.29, 1.82) is 5.26 Å². The van der Waals surface area contributed by atoms with Crippen molar-refractivity contribution in [1.82, 2.24) is 9.80 Å². The molecule has 1 spiro atoms. The minimum Gasteiger partial charge on any atom is -1.00 e. The Balaban J connectivity index is 0.00000336. The van der Waals surface area contributed by atoms with Crippen LogP contribution in [0.2, 0.25) is 10.0 Å². The highest BCUT2D eigenvalue weighted by Gasteiger charge is 2.64. The maximum atomic E-state index is 14.2. The predicted molar refractivity (Wildman–Crippen MR) is 140 cm³/mol. The number of benzene rings is 2. The summed E-state index contributed by atoms with van der Waals surface area (Å²) in [6.07, 6.45) is 0. The van der Waals surface area contributed by atoms with Crippen LogP contribution in [0.3, 0.4) is 0 Å². The van der Waals surface area contributed by atoms with Crippen LogP contribution in [-0.2, 0) is 11.3 Å². The molecule has 2 aliphatic heterocycles. The summed E-state index contributed by atoms with van der Waals surface area (Å²) in [7, 11) is 1.61. The molecule has 0 aliphatic carbocycles. The Labute approximate surface area is 239 Å². The summed E-state index contributed by atoms with van der Waals surface area (Å²) in [5, 5.41) is 20.7. The number of aromatic carboxylic acids is 1. The molecule has 5 rings (SSSR count). The van der Waals surface area contributed by atoms with Gasteiger partial charge in [-0.15, -0.1) is 11.3 Å². The molecule has 2 aromatic carbocycles. The normalized spacial score (nSPS) is 21.2. The van der Waals surface area contributed by atoms with Crippen LogP contribution in [0.15, 0.2) is 53.9 Å². The zero-order chi connectivity index (χ0) is 26.5. The highest BCUT2D eigenvalue weighted by molar-refractivity contribution is 7.10. The molecule has 2 aliphatic rings. The molecule has 8 nitrogen and oxygen atoms in total. The summed E-state index contributed by atoms with van der Waals surface area (Å²) < 4.78 is 0. The number of likely N-dealkylation sites (N-methyl/N-ethyl adjacent to an activating group) is 1. The molecule has 0 bridgehead atoms. The number of hydrogen-bond donors (Lipinski definition) is 1. The lowest BCUT2D eigenvalue weighted by Crippen LogP contribution is -3.00. The number of carboxylic acid groups (broad SMARTS) is 1. The SMILES string of the molecule is CN1C(=O)N(c2cc(Cl)cc(Cl)c2)C(=O)[C@]12CN(Cc1cc(C(=O)O)cs1)C[C@H]2c1ccc(C#N)cc1.[Cl-]. The second-order valence-electron chi connectivity index (χ2n) is 9.10. The van der Waals surface area contributed by atoms with E-state index in [9.17, 15) is 24.8 Å². The summed E-state index contributed by atoms with van der Waals surface area (Å²) in [6.45, 7) is 1.11. The van der Waals surface area contributed by atoms with Gasteiger partial charge in [0.1, 0.15) is 5.54 Å². The van der Waals surface area contributed by atoms with E-state index in [1.165, 1.54) is 34.4 Å². The number of nitriles is 1. The number of urea groups is 1. The van der Waals surface area contributed by atoms with E-state index < -0.39 is 29.4 Å². The van der Waals surface area contributed by atoms with Crippen molar-refractivity contribution < 1.29 is 31.9 Å². The number of nitrogens with zero attached hydrogens (tertiary/aromatic N) is 4. The molecule has 38 heavy (non-hydrogen) atoms. The molecule has 0 unspecified atom stereocenters. The van der Waals surface area contributed by atoms with Crippen molar-refractivity contribution in [3.05, 3.63) is 85.5 Å². The van der Waals surface area contributed by atoms with E-state index >= 15 is 0 Å². The summed E-state index contributed by atoms with van der Waals surface area (Å²) in [5.41, 5.74) is 0.582. The quantitative estimate of drug-likeness (QED) is 0.456. The third-order valence-corrected chi connectivity index (χ3v) is 8.32. The average molecular weight is 591 g/mol. The molecule has 3 aromatic rings. The van der Waals surface area contributed by atoms with Crippen molar-refractivity contribution in [3.8, 4) is 6.07 Å². The number of likely N-dealkylation sites (tertiary alicyclic amines) is 1. The van der Waals surface area contributed by atoms with Crippen molar-refractivity contribution in [2.24, 2.45) is 0 Å². The van der Waals surface area contributed by atoms with Crippen molar-refractivity contribution in [3.63, 3.8) is 0 Å². The molecule has 2 saturated heterocycles. The molecule has 0 radical (unpaired) electrons. The van der Waals surface area contributed by atoms with Gasteiger partial charge in [0.15, 0.2) is 0 Å². The molecule has 2 fully saturated rings. The van der Waals surface area contributed by atoms with Gasteiger partial charge in [0, 0.05) is 52.9 Å². The number of halogens is 3. The van der Waals surface area contributed by atoms with Crippen molar-refractivity contribution in [2.45, 2.75) is 18.0 Å². The lowest BCUT2D eigenvalue weighted by atomic mass is 9.80. The molecular formula is C26H20Cl3N4O4S-. The third kappa shape index (κ3) is 4.64. The van der Waals surface area contributed by atoms with Gasteiger partial charge in [0.25, 0.3) is 5.91 Å². The predicted octanol–water partition coefficient (Wildman–Crippen LogP) is 2.07. The Morgan fingerprint density at radius 2 is 1.82 bits per heavy atom. The Hall–Kier alpha value is -3.13. The third-order valence-electron chi connectivity index (χ3n) is 6.96. The average Bonchev–Trinajstić information content (AvgIpc) is 3.53. The van der Waals surface area contributed by atoms with Crippen LogP contribution < -0.4 is 17.3 Å². The number of imide groups is 1. The van der Waals surface area contributed by atoms with Crippen LogP contribution >= 0.6 is 34.5 Å². The summed E-state index contributed by atoms with van der Waals surface area (Å²) in [5.74, 6) is -1.80. The molecule has 2 atom stereocenters. The van der Waals surface area contributed by atoms with Gasteiger partial charge >= 0.3 is 12.0 Å². The molecular weight excluding hydrogens is 571 g/mol. The number of hydrogen-bond acceptors (Lipinski definition) is 6. The Morgan fingerprint density at radius 1 is 1.16 bits per heavy atom. The van der Waals surface area contributed by atoms with Gasteiger partial charge in [-0.3, -0.25) is 9.69 Å². The Morgan fingerprint density at radius 3 is 2.39 bits per heavy atom. The summed E-state index contributed by atoms with van der Waals surface area (Å²) in [4.78, 5) is 44.6. The fourth-order valence-electron chi connectivity index (χ4n) is 5.21. The lowest BCUT2D eigenvalue weighted by Gasteiger charge is -2.34. The standard InChI is InChI=1S/C26H20Cl2N4O4S.ClH/c1-30-25(36)32(20-8-18(27)7-19(28)9-20)24(35)26(30)14-31(11-21-6-17(13-37-21)23(33)34)12-22(26)16-4-2-15(10-29)3-5-16;/h2-9,13,22H,11-12,14H2,1H3,(H,33,34);1H/p-1/t22-,26+;/m0./s1. The van der Waals surface area contributed by atoms with Gasteiger partial charge in [0.2, 0.25) is 0 Å². The van der Waals surface area contributed by atoms with E-state index in [-0.39, 0.29) is 30.2 Å². The lowest BCUT2D eigenvalue weighted by molar-refractivity contribution is -0.124. The van der Waals surface area contributed by atoms with Crippen LogP contribution in [-0.4, -0.2) is 58.5 Å². The smallest absolute Gasteiger partial charge is 0.336 e. The van der Waals surface area contributed by atoms with Gasteiger partial charge in [-0.05, 0) is 42.0 Å². The van der Waals surface area contributed by atoms with E-state index in [0.717, 1.165) is 15.3 Å². The number of thiophene rings is 1. The molecule has 3 heterocycles. The van der Waals surface area contributed by atoms with Gasteiger partial charge in [-0.25, -0.2) is 14.5 Å². The van der Waals surface area contributed by atoms with Gasteiger partial charge in [-0.2, -0.15) is 5.26 Å². The topological polar surface area (TPSA) is 105 Å². The van der Waals surface area contributed by atoms with Crippen LogP contribution in [0, 0.1) is 11.3 Å². The highest BCUT2D eigenvalue weighted by atomic mass is 35.5. The van der Waals surface area contributed by atoms with Gasteiger partial charge in [0.05, 0.1) is 22.9 Å².